The molecule has 2 saturated carbocycles. The monoisotopic (exact) mass is 361 g/mol. The number of nitrogens with one attached hydrogen (secondary N) is 1. The molecule has 3 fully saturated rings. The van der Waals surface area contributed by atoms with Crippen molar-refractivity contribution in [3.63, 3.8) is 0 Å². The molecule has 1 aliphatic heterocycles. The summed E-state index contributed by atoms with van der Waals surface area (Å²) in [6.45, 7) is 1.87. The number of fused-ring (bicyclic) bond motifs is 2. The SMILES string of the molecule is O=C(NC1CC2CC1CC2(F)F)c1sc(N2CCCC2)nc1Cl. The van der Waals surface area contributed by atoms with E-state index >= 15 is 0 Å². The van der Waals surface area contributed by atoms with Crippen LogP contribution in [0.4, 0.5) is 13.9 Å². The van der Waals surface area contributed by atoms with Crippen molar-refractivity contribution < 1.29 is 13.6 Å². The third-order valence-electron chi connectivity index (χ3n) is 5.30. The Balaban J connectivity index is 1.44. The number of rotatable bonds is 3. The topological polar surface area (TPSA) is 45.2 Å². The summed E-state index contributed by atoms with van der Waals surface area (Å²) >= 11 is 7.41. The molecule has 3 unspecified atom stereocenters. The van der Waals surface area contributed by atoms with E-state index in [1.165, 1.54) is 11.3 Å². The molecule has 1 aromatic heterocycles. The van der Waals surface area contributed by atoms with Crippen LogP contribution in [0, 0.1) is 11.8 Å². The van der Waals surface area contributed by atoms with E-state index in [1.54, 1.807) is 0 Å². The molecule has 4 rings (SSSR count). The van der Waals surface area contributed by atoms with Crippen LogP contribution in [-0.2, 0) is 0 Å². The molecule has 1 amide bonds. The molecule has 3 atom stereocenters. The molecule has 126 valence electrons. The van der Waals surface area contributed by atoms with Crippen LogP contribution in [0.25, 0.3) is 0 Å². The van der Waals surface area contributed by atoms with Crippen LogP contribution in [0.2, 0.25) is 5.15 Å². The van der Waals surface area contributed by atoms with Crippen molar-refractivity contribution >= 4 is 34.0 Å². The summed E-state index contributed by atoms with van der Waals surface area (Å²) in [5.74, 6) is -3.55. The minimum atomic E-state index is -2.56. The number of anilines is 1. The summed E-state index contributed by atoms with van der Waals surface area (Å²) in [5.41, 5.74) is 0. The van der Waals surface area contributed by atoms with Crippen LogP contribution >= 0.6 is 22.9 Å². The molecule has 1 aromatic rings. The number of aromatic nitrogens is 1. The van der Waals surface area contributed by atoms with E-state index in [4.69, 9.17) is 11.6 Å². The molecule has 0 spiro atoms. The third-order valence-corrected chi connectivity index (χ3v) is 6.80. The molecule has 1 saturated heterocycles. The molecular formula is C15H18ClF2N3OS. The number of thiazole rings is 1. The smallest absolute Gasteiger partial charge is 0.264 e. The predicted octanol–water partition coefficient (Wildman–Crippen LogP) is 3.56. The molecular weight excluding hydrogens is 344 g/mol. The Hall–Kier alpha value is -0.950. The largest absolute Gasteiger partial charge is 0.348 e. The van der Waals surface area contributed by atoms with Crippen LogP contribution in [0.15, 0.2) is 0 Å². The van der Waals surface area contributed by atoms with E-state index < -0.39 is 11.8 Å². The van der Waals surface area contributed by atoms with Gasteiger partial charge in [-0.2, -0.15) is 0 Å². The summed E-state index contributed by atoms with van der Waals surface area (Å²) < 4.78 is 27.1. The average Bonchev–Trinajstić information content (AvgIpc) is 3.20. The lowest BCUT2D eigenvalue weighted by Gasteiger charge is -2.28. The van der Waals surface area contributed by atoms with Gasteiger partial charge in [0.2, 0.25) is 0 Å². The van der Waals surface area contributed by atoms with Gasteiger partial charge in [0.1, 0.15) is 4.88 Å². The quantitative estimate of drug-likeness (QED) is 0.895. The van der Waals surface area contributed by atoms with E-state index in [1.807, 2.05) is 0 Å². The zero-order valence-electron chi connectivity index (χ0n) is 12.5. The summed E-state index contributed by atoms with van der Waals surface area (Å²) in [7, 11) is 0. The Morgan fingerprint density at radius 1 is 1.35 bits per heavy atom. The number of carbonyl (C=O) groups is 1. The van der Waals surface area contributed by atoms with Gasteiger partial charge in [-0.25, -0.2) is 13.8 Å². The standard InChI is InChI=1S/C15H18ClF2N3OS/c16-12-11(23-14(20-12)21-3-1-2-4-21)13(22)19-10-6-9-5-8(10)7-15(9,17)18/h8-10H,1-7H2,(H,19,22). The van der Waals surface area contributed by atoms with Gasteiger partial charge >= 0.3 is 0 Å². The van der Waals surface area contributed by atoms with E-state index in [0.29, 0.717) is 17.7 Å². The number of alkyl halides is 2. The number of hydrogen-bond acceptors (Lipinski definition) is 4. The fourth-order valence-electron chi connectivity index (χ4n) is 4.10. The number of amides is 1. The van der Waals surface area contributed by atoms with Gasteiger partial charge in [-0.1, -0.05) is 22.9 Å². The maximum atomic E-state index is 13.6. The van der Waals surface area contributed by atoms with Gasteiger partial charge in [0.05, 0.1) is 0 Å². The summed E-state index contributed by atoms with van der Waals surface area (Å²) in [6.07, 6.45) is 3.00. The molecule has 0 radical (unpaired) electrons. The zero-order chi connectivity index (χ0) is 16.2. The Morgan fingerprint density at radius 3 is 2.70 bits per heavy atom. The minimum Gasteiger partial charge on any atom is -0.348 e. The Morgan fingerprint density at radius 2 is 2.09 bits per heavy atom. The third kappa shape index (κ3) is 2.71. The van der Waals surface area contributed by atoms with Crippen molar-refractivity contribution in [1.29, 1.82) is 0 Å². The van der Waals surface area contributed by atoms with Crippen LogP contribution in [0.3, 0.4) is 0 Å². The minimum absolute atomic E-state index is 0.113. The average molecular weight is 362 g/mol. The van der Waals surface area contributed by atoms with Crippen molar-refractivity contribution in [2.75, 3.05) is 18.0 Å². The zero-order valence-corrected chi connectivity index (χ0v) is 14.1. The fraction of sp³-hybridized carbons (Fsp3) is 0.733. The maximum absolute atomic E-state index is 13.6. The highest BCUT2D eigenvalue weighted by atomic mass is 35.5. The van der Waals surface area contributed by atoms with Gasteiger partial charge in [-0.15, -0.1) is 0 Å². The van der Waals surface area contributed by atoms with Gasteiger partial charge in [-0.3, -0.25) is 4.79 Å². The maximum Gasteiger partial charge on any atom is 0.264 e. The molecule has 8 heteroatoms. The van der Waals surface area contributed by atoms with Crippen molar-refractivity contribution in [2.45, 2.75) is 44.1 Å². The molecule has 4 nitrogen and oxygen atoms in total. The van der Waals surface area contributed by atoms with E-state index in [0.717, 1.165) is 31.1 Å². The lowest BCUT2D eigenvalue weighted by molar-refractivity contribution is -0.0561. The molecule has 23 heavy (non-hydrogen) atoms. The van der Waals surface area contributed by atoms with Crippen LogP contribution in [0.1, 0.15) is 41.8 Å². The molecule has 2 bridgehead atoms. The van der Waals surface area contributed by atoms with Crippen LogP contribution in [0.5, 0.6) is 0 Å². The van der Waals surface area contributed by atoms with Crippen molar-refractivity contribution in [2.24, 2.45) is 11.8 Å². The second-order valence-electron chi connectivity index (χ2n) is 6.78. The lowest BCUT2D eigenvalue weighted by atomic mass is 9.92. The molecule has 1 N–H and O–H groups in total. The Bertz CT molecular complexity index is 632. The highest BCUT2D eigenvalue weighted by molar-refractivity contribution is 7.18. The summed E-state index contributed by atoms with van der Waals surface area (Å²) in [6, 6.07) is -0.166. The van der Waals surface area contributed by atoms with Gasteiger partial charge < -0.3 is 10.2 Å². The first-order valence-electron chi connectivity index (χ1n) is 8.04. The van der Waals surface area contributed by atoms with E-state index in [-0.39, 0.29) is 29.4 Å². The first kappa shape index (κ1) is 15.6. The van der Waals surface area contributed by atoms with Crippen molar-refractivity contribution in [3.05, 3.63) is 10.0 Å². The molecule has 2 heterocycles. The number of hydrogen-bond donors (Lipinski definition) is 1. The van der Waals surface area contributed by atoms with Crippen LogP contribution in [-0.4, -0.2) is 35.9 Å². The first-order chi connectivity index (χ1) is 10.9. The van der Waals surface area contributed by atoms with Gasteiger partial charge in [-0.05, 0) is 31.6 Å². The van der Waals surface area contributed by atoms with Gasteiger partial charge in [0.25, 0.3) is 11.8 Å². The van der Waals surface area contributed by atoms with E-state index in [9.17, 15) is 13.6 Å². The highest BCUT2D eigenvalue weighted by Crippen LogP contribution is 2.53. The van der Waals surface area contributed by atoms with Crippen molar-refractivity contribution in [3.8, 4) is 0 Å². The van der Waals surface area contributed by atoms with Crippen molar-refractivity contribution in [1.82, 2.24) is 10.3 Å². The second kappa shape index (κ2) is 5.55. The van der Waals surface area contributed by atoms with E-state index in [2.05, 4.69) is 15.2 Å². The van der Waals surface area contributed by atoms with Gasteiger partial charge in [0, 0.05) is 31.5 Å². The van der Waals surface area contributed by atoms with Gasteiger partial charge in [0.15, 0.2) is 10.3 Å². The Kier molecular flexibility index (Phi) is 3.76. The second-order valence-corrected chi connectivity index (χ2v) is 8.12. The van der Waals surface area contributed by atoms with Crippen LogP contribution < -0.4 is 10.2 Å². The number of nitrogens with zero attached hydrogens (tertiary/aromatic N) is 2. The number of halogens is 3. The Labute approximate surface area is 142 Å². The summed E-state index contributed by atoms with van der Waals surface area (Å²) in [5, 5.41) is 3.89. The molecule has 0 aromatic carbocycles. The number of carbonyl (C=O) groups excluding carboxylic acids is 1. The summed E-state index contributed by atoms with van der Waals surface area (Å²) in [4.78, 5) is 19.3. The lowest BCUT2D eigenvalue weighted by Crippen LogP contribution is -2.42. The first-order valence-corrected chi connectivity index (χ1v) is 9.23. The molecule has 3 aliphatic rings. The molecule has 2 aliphatic carbocycles. The fourth-order valence-corrected chi connectivity index (χ4v) is 5.34. The predicted molar refractivity (Wildman–Crippen MR) is 85.6 cm³/mol. The highest BCUT2D eigenvalue weighted by Gasteiger charge is 2.56. The normalized spacial score (nSPS) is 31.8.